The van der Waals surface area contributed by atoms with E-state index in [1.165, 1.54) is 0 Å². The normalized spacial score (nSPS) is 12.2. The Bertz CT molecular complexity index is 601. The number of nitrogens with zero attached hydrogens (tertiary/aromatic N) is 2. The summed E-state index contributed by atoms with van der Waals surface area (Å²) in [5.74, 6) is -0.168. The Hall–Kier alpha value is -2.14. The molecule has 1 aromatic heterocycles. The minimum absolute atomic E-state index is 0.133. The molecule has 1 amide bonds. The van der Waals surface area contributed by atoms with E-state index in [-0.39, 0.29) is 11.9 Å². The zero-order valence-electron chi connectivity index (χ0n) is 11.3. The minimum Gasteiger partial charge on any atom is -0.324 e. The fourth-order valence-corrected chi connectivity index (χ4v) is 2.02. The molecule has 0 saturated carbocycles. The molecule has 19 heavy (non-hydrogen) atoms. The Morgan fingerprint density at radius 3 is 2.68 bits per heavy atom. The second kappa shape index (κ2) is 5.24. The summed E-state index contributed by atoms with van der Waals surface area (Å²) in [6.07, 6.45) is 1.71. The Morgan fingerprint density at radius 1 is 1.42 bits per heavy atom. The molecule has 1 heterocycles. The van der Waals surface area contributed by atoms with E-state index in [2.05, 4.69) is 10.4 Å². The maximum absolute atomic E-state index is 12.2. The van der Waals surface area contributed by atoms with E-state index in [9.17, 15) is 4.79 Å². The van der Waals surface area contributed by atoms with E-state index in [1.807, 2.05) is 38.1 Å². The molecular weight excluding hydrogens is 240 g/mol. The number of hydrogen-bond acceptors (Lipinski definition) is 3. The maximum atomic E-state index is 12.2. The lowest BCUT2D eigenvalue weighted by Crippen LogP contribution is -2.16. The van der Waals surface area contributed by atoms with Crippen LogP contribution in [0.2, 0.25) is 0 Å². The molecule has 2 rings (SSSR count). The van der Waals surface area contributed by atoms with Gasteiger partial charge in [-0.25, -0.2) is 0 Å². The minimum atomic E-state index is -0.168. The summed E-state index contributed by atoms with van der Waals surface area (Å²) in [7, 11) is 1.79. The number of para-hydroxylation sites is 1. The van der Waals surface area contributed by atoms with Gasteiger partial charge in [0.2, 0.25) is 0 Å². The first kappa shape index (κ1) is 13.3. The molecule has 5 nitrogen and oxygen atoms in total. The molecule has 0 spiro atoms. The molecule has 2 aromatic rings. The lowest BCUT2D eigenvalue weighted by atomic mass is 10.1. The van der Waals surface area contributed by atoms with Gasteiger partial charge in [-0.3, -0.25) is 9.48 Å². The summed E-state index contributed by atoms with van der Waals surface area (Å²) in [4.78, 5) is 12.2. The number of amides is 1. The first-order chi connectivity index (χ1) is 8.99. The van der Waals surface area contributed by atoms with Crippen molar-refractivity contribution in [3.8, 4) is 0 Å². The van der Waals surface area contributed by atoms with Crippen molar-refractivity contribution in [3.05, 3.63) is 47.3 Å². The third-order valence-electron chi connectivity index (χ3n) is 2.96. The predicted molar refractivity (Wildman–Crippen MR) is 74.9 cm³/mol. The van der Waals surface area contributed by atoms with Crippen molar-refractivity contribution >= 4 is 11.6 Å². The highest BCUT2D eigenvalue weighted by molar-refractivity contribution is 6.05. The van der Waals surface area contributed by atoms with Crippen LogP contribution in [0.25, 0.3) is 0 Å². The average molecular weight is 258 g/mol. The molecule has 0 aliphatic carbocycles. The van der Waals surface area contributed by atoms with E-state index in [0.717, 1.165) is 11.3 Å². The van der Waals surface area contributed by atoms with Crippen LogP contribution in [0.4, 0.5) is 5.69 Å². The number of benzene rings is 1. The number of hydrogen-bond donors (Lipinski definition) is 2. The van der Waals surface area contributed by atoms with Crippen molar-refractivity contribution in [2.75, 3.05) is 5.32 Å². The molecular formula is C14H18N4O. The van der Waals surface area contributed by atoms with Crippen molar-refractivity contribution in [1.29, 1.82) is 0 Å². The van der Waals surface area contributed by atoms with Crippen LogP contribution in [-0.4, -0.2) is 15.7 Å². The molecule has 100 valence electrons. The van der Waals surface area contributed by atoms with Gasteiger partial charge in [0, 0.05) is 25.0 Å². The fraction of sp³-hybridized carbons (Fsp3) is 0.286. The molecule has 0 aliphatic rings. The number of carbonyl (C=O) groups excluding carboxylic acids is 1. The summed E-state index contributed by atoms with van der Waals surface area (Å²) >= 11 is 0. The predicted octanol–water partition coefficient (Wildman–Crippen LogP) is 2.00. The molecule has 0 fully saturated rings. The van der Waals surface area contributed by atoms with Gasteiger partial charge in [0.15, 0.2) is 0 Å². The second-order valence-corrected chi connectivity index (χ2v) is 4.63. The maximum Gasteiger partial charge on any atom is 0.259 e. The number of carbonyl (C=O) groups is 1. The quantitative estimate of drug-likeness (QED) is 0.884. The number of rotatable bonds is 3. The summed E-state index contributed by atoms with van der Waals surface area (Å²) in [6, 6.07) is 7.41. The molecule has 0 saturated heterocycles. The number of aryl methyl sites for hydroxylation is 2. The van der Waals surface area contributed by atoms with Gasteiger partial charge in [0.05, 0.1) is 11.3 Å². The third kappa shape index (κ3) is 2.82. The Morgan fingerprint density at radius 2 is 2.11 bits per heavy atom. The van der Waals surface area contributed by atoms with Crippen LogP contribution in [0.5, 0.6) is 0 Å². The van der Waals surface area contributed by atoms with E-state index in [4.69, 9.17) is 5.73 Å². The monoisotopic (exact) mass is 258 g/mol. The van der Waals surface area contributed by atoms with Gasteiger partial charge < -0.3 is 11.1 Å². The second-order valence-electron chi connectivity index (χ2n) is 4.63. The highest BCUT2D eigenvalue weighted by Gasteiger charge is 2.14. The SMILES string of the molecule is Cc1nn(C)cc1C(=O)Nc1ccccc1C(C)N. The fourth-order valence-electron chi connectivity index (χ4n) is 2.02. The lowest BCUT2D eigenvalue weighted by Gasteiger charge is -2.13. The van der Waals surface area contributed by atoms with Crippen molar-refractivity contribution in [1.82, 2.24) is 9.78 Å². The van der Waals surface area contributed by atoms with Gasteiger partial charge in [-0.1, -0.05) is 18.2 Å². The standard InChI is InChI=1S/C14H18N4O/c1-9(15)11-6-4-5-7-13(11)16-14(19)12-8-18(3)17-10(12)2/h4-9H,15H2,1-3H3,(H,16,19). The highest BCUT2D eigenvalue weighted by atomic mass is 16.1. The first-order valence-electron chi connectivity index (χ1n) is 6.15. The van der Waals surface area contributed by atoms with Crippen LogP contribution in [0, 0.1) is 6.92 Å². The third-order valence-corrected chi connectivity index (χ3v) is 2.96. The van der Waals surface area contributed by atoms with Crippen molar-refractivity contribution in [2.45, 2.75) is 19.9 Å². The average Bonchev–Trinajstić information content (AvgIpc) is 2.69. The molecule has 0 bridgehead atoms. The topological polar surface area (TPSA) is 72.9 Å². The Labute approximate surface area is 112 Å². The van der Waals surface area contributed by atoms with Gasteiger partial charge in [-0.2, -0.15) is 5.10 Å². The molecule has 1 atom stereocenters. The molecule has 1 unspecified atom stereocenters. The Kier molecular flexibility index (Phi) is 3.66. The van der Waals surface area contributed by atoms with Crippen molar-refractivity contribution in [3.63, 3.8) is 0 Å². The smallest absolute Gasteiger partial charge is 0.259 e. The Balaban J connectivity index is 2.27. The molecule has 1 aromatic carbocycles. The van der Waals surface area contributed by atoms with Crippen LogP contribution < -0.4 is 11.1 Å². The van der Waals surface area contributed by atoms with Gasteiger partial charge in [-0.05, 0) is 25.5 Å². The number of nitrogens with one attached hydrogen (secondary N) is 1. The van der Waals surface area contributed by atoms with Gasteiger partial charge in [-0.15, -0.1) is 0 Å². The van der Waals surface area contributed by atoms with Gasteiger partial charge in [0.1, 0.15) is 0 Å². The first-order valence-corrected chi connectivity index (χ1v) is 6.15. The number of aromatic nitrogens is 2. The van der Waals surface area contributed by atoms with Crippen molar-refractivity contribution in [2.24, 2.45) is 12.8 Å². The number of nitrogens with two attached hydrogens (primary N) is 1. The zero-order valence-corrected chi connectivity index (χ0v) is 11.3. The summed E-state index contributed by atoms with van der Waals surface area (Å²) in [6.45, 7) is 3.70. The summed E-state index contributed by atoms with van der Waals surface area (Å²) in [5.41, 5.74) is 8.83. The van der Waals surface area contributed by atoms with Crippen LogP contribution in [0.15, 0.2) is 30.5 Å². The van der Waals surface area contributed by atoms with Gasteiger partial charge in [0.25, 0.3) is 5.91 Å². The van der Waals surface area contributed by atoms with Crippen molar-refractivity contribution < 1.29 is 4.79 Å². The summed E-state index contributed by atoms with van der Waals surface area (Å²) < 4.78 is 1.63. The van der Waals surface area contributed by atoms with Crippen LogP contribution >= 0.6 is 0 Å². The summed E-state index contributed by atoms with van der Waals surface area (Å²) in [5, 5.41) is 7.05. The van der Waals surface area contributed by atoms with Crippen LogP contribution in [0.1, 0.15) is 34.6 Å². The lowest BCUT2D eigenvalue weighted by molar-refractivity contribution is 0.102. The zero-order chi connectivity index (χ0) is 14.0. The van der Waals surface area contributed by atoms with Crippen LogP contribution in [-0.2, 0) is 7.05 Å². The molecule has 3 N–H and O–H groups in total. The van der Waals surface area contributed by atoms with Crippen LogP contribution in [0.3, 0.4) is 0 Å². The van der Waals surface area contributed by atoms with E-state index in [1.54, 1.807) is 17.9 Å². The van der Waals surface area contributed by atoms with E-state index >= 15 is 0 Å². The highest BCUT2D eigenvalue weighted by Crippen LogP contribution is 2.21. The largest absolute Gasteiger partial charge is 0.324 e. The van der Waals surface area contributed by atoms with Gasteiger partial charge >= 0.3 is 0 Å². The molecule has 0 radical (unpaired) electrons. The van der Waals surface area contributed by atoms with E-state index in [0.29, 0.717) is 11.3 Å². The molecule has 5 heteroatoms. The number of anilines is 1. The van der Waals surface area contributed by atoms with E-state index < -0.39 is 0 Å². The molecule has 0 aliphatic heterocycles.